The second-order valence-electron chi connectivity index (χ2n) is 10.9. The number of guanidine groups is 1. The molecule has 230 valence electrons. The minimum absolute atomic E-state index is 0.0447. The molecule has 13 heteroatoms. The Hall–Kier alpha value is -4.20. The van der Waals surface area contributed by atoms with Crippen molar-refractivity contribution in [1.29, 1.82) is 5.41 Å². The Balaban J connectivity index is 1.91. The molecule has 0 aliphatic carbocycles. The molecule has 3 rings (SSSR count). The summed E-state index contributed by atoms with van der Waals surface area (Å²) in [6.07, 6.45) is 3.49. The first-order valence-corrected chi connectivity index (χ1v) is 14.9. The van der Waals surface area contributed by atoms with Gasteiger partial charge in [-0.05, 0) is 42.3 Å². The fourth-order valence-corrected chi connectivity index (χ4v) is 5.57. The maximum atomic E-state index is 14.0. The second kappa shape index (κ2) is 14.8. The fourth-order valence-electron chi connectivity index (χ4n) is 4.26. The van der Waals surface area contributed by atoms with Gasteiger partial charge in [-0.25, -0.2) is 27.7 Å². The number of nitrogens with zero attached hydrogens (tertiary/aromatic N) is 5. The van der Waals surface area contributed by atoms with E-state index in [0.29, 0.717) is 28.9 Å². The molecule has 0 aliphatic heterocycles. The third-order valence-corrected chi connectivity index (χ3v) is 8.01. The second-order valence-corrected chi connectivity index (χ2v) is 12.8. The number of ether oxygens (including phenoxy) is 2. The van der Waals surface area contributed by atoms with Crippen molar-refractivity contribution in [3.8, 4) is 5.75 Å². The summed E-state index contributed by atoms with van der Waals surface area (Å²) in [7, 11) is -3.03. The minimum Gasteiger partial charge on any atom is -0.486 e. The van der Waals surface area contributed by atoms with E-state index in [1.54, 1.807) is 0 Å². The molecule has 0 unspecified atom stereocenters. The zero-order chi connectivity index (χ0) is 31.6. The number of carbonyl (C=O) groups excluding carboxylic acids is 1. The summed E-state index contributed by atoms with van der Waals surface area (Å²) in [5.74, 6) is -0.382. The molecule has 0 radical (unpaired) electrons. The molecule has 43 heavy (non-hydrogen) atoms. The van der Waals surface area contributed by atoms with Gasteiger partial charge in [-0.3, -0.25) is 10.2 Å². The molecule has 1 aromatic heterocycles. The lowest BCUT2D eigenvalue weighted by Gasteiger charge is -2.34. The van der Waals surface area contributed by atoms with Gasteiger partial charge in [-0.1, -0.05) is 57.2 Å². The van der Waals surface area contributed by atoms with Crippen molar-refractivity contribution < 1.29 is 27.8 Å². The highest BCUT2D eigenvalue weighted by Crippen LogP contribution is 2.27. The van der Waals surface area contributed by atoms with Crippen LogP contribution in [0.15, 0.2) is 76.9 Å². The molecule has 12 nitrogen and oxygen atoms in total. The van der Waals surface area contributed by atoms with E-state index in [1.165, 1.54) is 48.7 Å². The maximum absolute atomic E-state index is 14.0. The summed E-state index contributed by atoms with van der Waals surface area (Å²) in [6, 6.07) is 14.5. The molecule has 0 spiro atoms. The number of aliphatic imine (C=N–C) groups is 1. The van der Waals surface area contributed by atoms with Crippen molar-refractivity contribution in [2.45, 2.75) is 51.3 Å². The van der Waals surface area contributed by atoms with E-state index in [-0.39, 0.29) is 29.0 Å². The van der Waals surface area contributed by atoms with Gasteiger partial charge in [0.1, 0.15) is 19.2 Å². The van der Waals surface area contributed by atoms with E-state index in [2.05, 4.69) is 21.7 Å². The van der Waals surface area contributed by atoms with Gasteiger partial charge in [-0.15, -0.1) is 0 Å². The van der Waals surface area contributed by atoms with E-state index in [0.717, 1.165) is 5.56 Å². The molecular formula is C30H38N6O6S. The number of aliphatic hydroxyl groups is 1. The summed E-state index contributed by atoms with van der Waals surface area (Å²) in [5.41, 5.74) is 0.807. The molecule has 2 aromatic carbocycles. The maximum Gasteiger partial charge on any atom is 0.268 e. The van der Waals surface area contributed by atoms with Gasteiger partial charge >= 0.3 is 0 Å². The fraction of sp³-hybridized carbons (Fsp3) is 0.367. The van der Waals surface area contributed by atoms with Gasteiger partial charge < -0.3 is 19.5 Å². The molecule has 1 atom stereocenters. The smallest absolute Gasteiger partial charge is 0.268 e. The summed E-state index contributed by atoms with van der Waals surface area (Å²) < 4.78 is 38.0. The van der Waals surface area contributed by atoms with Crippen molar-refractivity contribution in [2.75, 3.05) is 20.4 Å². The third-order valence-electron chi connectivity index (χ3n) is 6.30. The van der Waals surface area contributed by atoms with Crippen LogP contribution in [0, 0.1) is 10.8 Å². The normalized spacial score (nSPS) is 12.3. The molecule has 0 saturated heterocycles. The van der Waals surface area contributed by atoms with Crippen LogP contribution in [0.5, 0.6) is 5.75 Å². The lowest BCUT2D eigenvalue weighted by molar-refractivity contribution is 0.0482. The van der Waals surface area contributed by atoms with Gasteiger partial charge in [-0.2, -0.15) is 0 Å². The molecule has 0 aliphatic rings. The lowest BCUT2D eigenvalue weighted by atomic mass is 9.87. The molecule has 2 N–H and O–H groups in total. The van der Waals surface area contributed by atoms with Crippen LogP contribution >= 0.6 is 0 Å². The molecule has 0 fully saturated rings. The van der Waals surface area contributed by atoms with Crippen molar-refractivity contribution in [2.24, 2.45) is 10.4 Å². The summed E-state index contributed by atoms with van der Waals surface area (Å²) in [4.78, 5) is 27.3. The number of sulfonamides is 1. The van der Waals surface area contributed by atoms with Crippen LogP contribution in [0.4, 0.5) is 0 Å². The molecule has 1 heterocycles. The number of methoxy groups -OCH3 is 1. The topological polar surface area (TPSA) is 158 Å². The first-order valence-electron chi connectivity index (χ1n) is 13.5. The van der Waals surface area contributed by atoms with Gasteiger partial charge in [0.15, 0.2) is 5.75 Å². The van der Waals surface area contributed by atoms with Crippen molar-refractivity contribution >= 4 is 28.6 Å². The average Bonchev–Trinajstić information content (AvgIpc) is 3.00. The third kappa shape index (κ3) is 9.14. The Morgan fingerprint density at radius 1 is 1.12 bits per heavy atom. The van der Waals surface area contributed by atoms with Gasteiger partial charge in [0, 0.05) is 12.7 Å². The van der Waals surface area contributed by atoms with Crippen LogP contribution in [-0.4, -0.2) is 77.8 Å². The van der Waals surface area contributed by atoms with Crippen LogP contribution in [0.3, 0.4) is 0 Å². The predicted molar refractivity (Wildman–Crippen MR) is 162 cm³/mol. The number of carbonyl (C=O) groups is 1. The van der Waals surface area contributed by atoms with Crippen LogP contribution in [0.1, 0.15) is 48.9 Å². The van der Waals surface area contributed by atoms with Gasteiger partial charge in [0.05, 0.1) is 36.5 Å². The molecule has 3 aromatic rings. The SMILES string of the molecule is C=NC(=N)N(COC)S(=O)(=O)c1cccc(C(=O)N(Cc2ncc(OCc3ccccc3)cn2)[C@@H](CO)CC(C)(C)C)c1. The highest BCUT2D eigenvalue weighted by Gasteiger charge is 2.31. The van der Waals surface area contributed by atoms with E-state index >= 15 is 0 Å². The Morgan fingerprint density at radius 2 is 1.79 bits per heavy atom. The van der Waals surface area contributed by atoms with Crippen molar-refractivity contribution in [3.05, 3.63) is 83.9 Å². The quantitative estimate of drug-likeness (QED) is 0.168. The number of benzene rings is 2. The Bertz CT molecular complexity index is 1490. The van der Waals surface area contributed by atoms with Gasteiger partial charge in [0.25, 0.3) is 15.9 Å². The Labute approximate surface area is 252 Å². The first-order chi connectivity index (χ1) is 20.4. The number of hydrogen-bond acceptors (Lipinski definition) is 9. The highest BCUT2D eigenvalue weighted by atomic mass is 32.2. The highest BCUT2D eigenvalue weighted by molar-refractivity contribution is 7.89. The van der Waals surface area contributed by atoms with Crippen LogP contribution in [0.2, 0.25) is 0 Å². The van der Waals surface area contributed by atoms with Crippen molar-refractivity contribution in [1.82, 2.24) is 19.2 Å². The summed E-state index contributed by atoms with van der Waals surface area (Å²) in [6.45, 7) is 8.71. The minimum atomic E-state index is -4.31. The zero-order valence-corrected chi connectivity index (χ0v) is 25.6. The molecule has 1 amide bonds. The van der Waals surface area contributed by atoms with Crippen LogP contribution < -0.4 is 4.74 Å². The van der Waals surface area contributed by atoms with E-state index in [1.807, 2.05) is 51.1 Å². The van der Waals surface area contributed by atoms with E-state index < -0.39 is 34.7 Å². The monoisotopic (exact) mass is 610 g/mol. The number of hydrogen-bond donors (Lipinski definition) is 2. The molecular weight excluding hydrogens is 572 g/mol. The Morgan fingerprint density at radius 3 is 2.37 bits per heavy atom. The molecule has 0 bridgehead atoms. The number of aromatic nitrogens is 2. The summed E-state index contributed by atoms with van der Waals surface area (Å²) in [5, 5.41) is 18.2. The van der Waals surface area contributed by atoms with Crippen LogP contribution in [0.25, 0.3) is 0 Å². The number of nitrogens with one attached hydrogen (secondary N) is 1. The Kier molecular flexibility index (Phi) is 11.5. The zero-order valence-electron chi connectivity index (χ0n) is 24.8. The number of amides is 1. The standard InChI is InChI=1S/C30H38N6O6S/c1-30(2,3)15-24(19-37)35(18-27-33-16-25(17-34-27)42-20-22-10-7-6-8-11-22)28(38)23-12-9-13-26(14-23)43(39,40)36(21-41-5)29(31)32-4/h6-14,16-17,24,31,37H,4,15,18-21H2,1-3,5H3/t24-/m1/s1. The number of rotatable bonds is 13. The average molecular weight is 611 g/mol. The van der Waals surface area contributed by atoms with Gasteiger partial charge in [0.2, 0.25) is 5.96 Å². The molecule has 0 saturated carbocycles. The van der Waals surface area contributed by atoms with Crippen molar-refractivity contribution in [3.63, 3.8) is 0 Å². The first kappa shape index (κ1) is 33.3. The van der Waals surface area contributed by atoms with Crippen LogP contribution in [-0.2, 0) is 27.9 Å². The lowest BCUT2D eigenvalue weighted by Crippen LogP contribution is -2.44. The van der Waals surface area contributed by atoms with E-state index in [9.17, 15) is 18.3 Å². The predicted octanol–water partition coefficient (Wildman–Crippen LogP) is 3.73. The summed E-state index contributed by atoms with van der Waals surface area (Å²) >= 11 is 0. The van der Waals surface area contributed by atoms with E-state index in [4.69, 9.17) is 14.9 Å². The largest absolute Gasteiger partial charge is 0.486 e. The number of aliphatic hydroxyl groups excluding tert-OH is 1.